The number of nitrogens with zero attached hydrogens (tertiary/aromatic N) is 1. The molecule has 0 aromatic rings. The molecule has 1 aliphatic rings. The second-order valence-electron chi connectivity index (χ2n) is 5.70. The van der Waals surface area contributed by atoms with E-state index in [0.717, 1.165) is 32.5 Å². The second-order valence-corrected chi connectivity index (χ2v) is 5.70. The van der Waals surface area contributed by atoms with Crippen LogP contribution in [-0.4, -0.2) is 55.7 Å². The van der Waals surface area contributed by atoms with E-state index in [1.54, 1.807) is 0 Å². The van der Waals surface area contributed by atoms with Gasteiger partial charge in [0, 0.05) is 12.6 Å². The lowest BCUT2D eigenvalue weighted by Crippen LogP contribution is -2.46. The number of alkyl halides is 3. The van der Waals surface area contributed by atoms with Gasteiger partial charge >= 0.3 is 6.18 Å². The van der Waals surface area contributed by atoms with Gasteiger partial charge in [-0.1, -0.05) is 13.8 Å². The number of piperidine rings is 1. The summed E-state index contributed by atoms with van der Waals surface area (Å²) in [6.45, 7) is 5.37. The average molecular weight is 295 g/mol. The molecule has 0 aromatic heterocycles. The molecular weight excluding hydrogens is 271 g/mol. The van der Waals surface area contributed by atoms with Crippen LogP contribution in [0.5, 0.6) is 0 Å². The van der Waals surface area contributed by atoms with Gasteiger partial charge in [0.1, 0.15) is 6.54 Å². The van der Waals surface area contributed by atoms with Crippen molar-refractivity contribution in [3.8, 4) is 0 Å². The smallest absolute Gasteiger partial charge is 0.346 e. The quantitative estimate of drug-likeness (QED) is 0.778. The highest BCUT2D eigenvalue weighted by Gasteiger charge is 2.28. The van der Waals surface area contributed by atoms with Crippen LogP contribution in [0, 0.1) is 5.92 Å². The lowest BCUT2D eigenvalue weighted by atomic mass is 9.98. The molecule has 1 rings (SSSR count). The summed E-state index contributed by atoms with van der Waals surface area (Å²) >= 11 is 0. The summed E-state index contributed by atoms with van der Waals surface area (Å²) in [7, 11) is 0. The van der Waals surface area contributed by atoms with Gasteiger partial charge in [-0.25, -0.2) is 0 Å². The van der Waals surface area contributed by atoms with Crippen LogP contribution in [0.3, 0.4) is 0 Å². The molecule has 1 saturated heterocycles. The molecule has 0 aliphatic carbocycles. The van der Waals surface area contributed by atoms with Crippen molar-refractivity contribution in [2.45, 2.75) is 38.9 Å². The maximum absolute atomic E-state index is 12.0. The molecule has 1 heterocycles. The van der Waals surface area contributed by atoms with Crippen molar-refractivity contribution < 1.29 is 18.0 Å². The molecule has 4 nitrogen and oxygen atoms in total. The van der Waals surface area contributed by atoms with E-state index >= 15 is 0 Å². The maximum Gasteiger partial charge on any atom is 0.405 e. The fourth-order valence-electron chi connectivity index (χ4n) is 2.32. The Morgan fingerprint density at radius 2 is 2.10 bits per heavy atom. The fourth-order valence-corrected chi connectivity index (χ4v) is 2.32. The minimum absolute atomic E-state index is 0.0499. The van der Waals surface area contributed by atoms with Crippen molar-refractivity contribution in [1.82, 2.24) is 15.5 Å². The molecule has 1 atom stereocenters. The highest BCUT2D eigenvalue weighted by Crippen LogP contribution is 2.16. The van der Waals surface area contributed by atoms with Gasteiger partial charge in [0.25, 0.3) is 0 Å². The zero-order valence-corrected chi connectivity index (χ0v) is 12.1. The Morgan fingerprint density at radius 3 is 2.70 bits per heavy atom. The van der Waals surface area contributed by atoms with Crippen molar-refractivity contribution in [2.24, 2.45) is 5.92 Å². The average Bonchev–Trinajstić information content (AvgIpc) is 2.34. The van der Waals surface area contributed by atoms with Crippen molar-refractivity contribution in [2.75, 3.05) is 32.7 Å². The Labute approximate surface area is 118 Å². The van der Waals surface area contributed by atoms with Crippen LogP contribution in [0.15, 0.2) is 0 Å². The summed E-state index contributed by atoms with van der Waals surface area (Å²) in [4.78, 5) is 13.4. The van der Waals surface area contributed by atoms with Crippen molar-refractivity contribution in [1.29, 1.82) is 0 Å². The first-order valence-corrected chi connectivity index (χ1v) is 7.05. The van der Waals surface area contributed by atoms with Gasteiger partial charge in [-0.2, -0.15) is 13.2 Å². The lowest BCUT2D eigenvalue weighted by Gasteiger charge is -2.32. The van der Waals surface area contributed by atoms with E-state index in [0.29, 0.717) is 12.0 Å². The van der Waals surface area contributed by atoms with Crippen molar-refractivity contribution in [3.05, 3.63) is 0 Å². The van der Waals surface area contributed by atoms with Gasteiger partial charge < -0.3 is 10.6 Å². The molecule has 0 radical (unpaired) electrons. The van der Waals surface area contributed by atoms with Gasteiger partial charge in [-0.3, -0.25) is 9.69 Å². The highest BCUT2D eigenvalue weighted by molar-refractivity contribution is 5.78. The van der Waals surface area contributed by atoms with E-state index in [-0.39, 0.29) is 6.54 Å². The molecule has 20 heavy (non-hydrogen) atoms. The number of amides is 1. The predicted molar refractivity (Wildman–Crippen MR) is 71.4 cm³/mol. The van der Waals surface area contributed by atoms with Crippen LogP contribution in [0.1, 0.15) is 26.7 Å². The van der Waals surface area contributed by atoms with Crippen molar-refractivity contribution in [3.63, 3.8) is 0 Å². The summed E-state index contributed by atoms with van der Waals surface area (Å²) < 4.78 is 36.0. The third-order valence-electron chi connectivity index (χ3n) is 3.27. The molecule has 7 heteroatoms. The fraction of sp³-hybridized carbons (Fsp3) is 0.923. The molecular formula is C13H24F3N3O. The number of halogens is 3. The number of hydrogen-bond donors (Lipinski definition) is 2. The summed E-state index contributed by atoms with van der Waals surface area (Å²) in [5.74, 6) is -0.0960. The third kappa shape index (κ3) is 7.69. The molecule has 0 aromatic carbocycles. The predicted octanol–water partition coefficient (Wildman–Crippen LogP) is 1.37. The molecule has 1 amide bonds. The zero-order chi connectivity index (χ0) is 15.2. The van der Waals surface area contributed by atoms with E-state index in [1.807, 2.05) is 10.2 Å². The van der Waals surface area contributed by atoms with Crippen LogP contribution in [0.4, 0.5) is 13.2 Å². The largest absolute Gasteiger partial charge is 0.405 e. The Morgan fingerprint density at radius 1 is 1.40 bits per heavy atom. The molecule has 1 unspecified atom stereocenters. The van der Waals surface area contributed by atoms with Gasteiger partial charge in [-0.05, 0) is 31.8 Å². The summed E-state index contributed by atoms with van der Waals surface area (Å²) in [6.07, 6.45) is -2.27. The van der Waals surface area contributed by atoms with E-state index in [2.05, 4.69) is 19.2 Å². The first kappa shape index (κ1) is 17.2. The molecule has 2 N–H and O–H groups in total. The third-order valence-corrected chi connectivity index (χ3v) is 3.27. The summed E-state index contributed by atoms with van der Waals surface area (Å²) in [5, 5.41) is 5.27. The van der Waals surface area contributed by atoms with Gasteiger partial charge in [0.15, 0.2) is 0 Å². The van der Waals surface area contributed by atoms with Gasteiger partial charge in [0.05, 0.1) is 6.54 Å². The van der Waals surface area contributed by atoms with E-state index in [1.165, 1.54) is 0 Å². The zero-order valence-electron chi connectivity index (χ0n) is 12.1. The molecule has 118 valence electrons. The van der Waals surface area contributed by atoms with E-state index in [4.69, 9.17) is 0 Å². The van der Waals surface area contributed by atoms with Gasteiger partial charge in [-0.15, -0.1) is 0 Å². The number of carbonyl (C=O) groups excluding carboxylic acids is 1. The van der Waals surface area contributed by atoms with Crippen LogP contribution in [0.2, 0.25) is 0 Å². The minimum atomic E-state index is -4.35. The maximum atomic E-state index is 12.0. The Hall–Kier alpha value is -0.820. The summed E-state index contributed by atoms with van der Waals surface area (Å²) in [6, 6.07) is 0.417. The number of likely N-dealkylation sites (tertiary alicyclic amines) is 1. The Kier molecular flexibility index (Phi) is 6.75. The van der Waals surface area contributed by atoms with Crippen LogP contribution < -0.4 is 10.6 Å². The molecule has 0 saturated carbocycles. The topological polar surface area (TPSA) is 44.4 Å². The first-order valence-electron chi connectivity index (χ1n) is 7.05. The molecule has 0 bridgehead atoms. The monoisotopic (exact) mass is 295 g/mol. The number of rotatable bonds is 6. The highest BCUT2D eigenvalue weighted by atomic mass is 19.4. The Balaban J connectivity index is 2.27. The number of nitrogens with one attached hydrogen (secondary N) is 2. The second kappa shape index (κ2) is 7.83. The molecule has 1 fully saturated rings. The molecule has 1 aliphatic heterocycles. The molecule has 0 spiro atoms. The Bertz CT molecular complexity index is 308. The van der Waals surface area contributed by atoms with Crippen LogP contribution in [0.25, 0.3) is 0 Å². The number of carbonyl (C=O) groups is 1. The number of hydrogen-bond acceptors (Lipinski definition) is 3. The van der Waals surface area contributed by atoms with Crippen LogP contribution in [-0.2, 0) is 4.79 Å². The van der Waals surface area contributed by atoms with E-state index < -0.39 is 18.6 Å². The standard InChI is InChI=1S/C13H24F3N3O/c1-10(2)17-6-11-4-3-5-19(7-11)8-12(20)18-9-13(14,15)16/h10-11,17H,3-9H2,1-2H3,(H,18,20). The van der Waals surface area contributed by atoms with Crippen LogP contribution >= 0.6 is 0 Å². The van der Waals surface area contributed by atoms with E-state index in [9.17, 15) is 18.0 Å². The normalized spacial score (nSPS) is 21.2. The SMILES string of the molecule is CC(C)NCC1CCCN(CC(=O)NCC(F)(F)F)C1. The van der Waals surface area contributed by atoms with Crippen molar-refractivity contribution >= 4 is 5.91 Å². The first-order chi connectivity index (χ1) is 9.26. The summed E-state index contributed by atoms with van der Waals surface area (Å²) in [5.41, 5.74) is 0. The minimum Gasteiger partial charge on any atom is -0.346 e. The lowest BCUT2D eigenvalue weighted by molar-refractivity contribution is -0.139. The van der Waals surface area contributed by atoms with Gasteiger partial charge in [0.2, 0.25) is 5.91 Å².